The summed E-state index contributed by atoms with van der Waals surface area (Å²) in [7, 11) is 1.46. The highest BCUT2D eigenvalue weighted by atomic mass is 16.6. The van der Waals surface area contributed by atoms with Crippen molar-refractivity contribution >= 4 is 11.4 Å². The topological polar surface area (TPSA) is 81.6 Å². The highest BCUT2D eigenvalue weighted by Crippen LogP contribution is 2.33. The third-order valence-electron chi connectivity index (χ3n) is 3.82. The van der Waals surface area contributed by atoms with Gasteiger partial charge in [0, 0.05) is 30.9 Å². The van der Waals surface area contributed by atoms with Gasteiger partial charge in [-0.2, -0.15) is 0 Å². The lowest BCUT2D eigenvalue weighted by atomic mass is 9.94. The van der Waals surface area contributed by atoms with Crippen LogP contribution in [0, 0.1) is 16.0 Å². The van der Waals surface area contributed by atoms with E-state index < -0.39 is 4.92 Å². The van der Waals surface area contributed by atoms with E-state index in [0.717, 1.165) is 31.6 Å². The minimum absolute atomic E-state index is 0.00627. The first kappa shape index (κ1) is 14.6. The van der Waals surface area contributed by atoms with Gasteiger partial charge in [-0.25, -0.2) is 0 Å². The predicted molar refractivity (Wildman–Crippen MR) is 78.3 cm³/mol. The summed E-state index contributed by atoms with van der Waals surface area (Å²) in [4.78, 5) is 12.7. The van der Waals surface area contributed by atoms with Crippen molar-refractivity contribution in [3.05, 3.63) is 28.3 Å². The van der Waals surface area contributed by atoms with Gasteiger partial charge in [0.05, 0.1) is 12.0 Å². The molecule has 2 rings (SSSR count). The largest absolute Gasteiger partial charge is 0.490 e. The Morgan fingerprint density at radius 2 is 2.35 bits per heavy atom. The number of hydrogen-bond acceptors (Lipinski definition) is 5. The van der Waals surface area contributed by atoms with Crippen molar-refractivity contribution in [1.82, 2.24) is 0 Å². The Hall–Kier alpha value is -1.82. The van der Waals surface area contributed by atoms with Crippen LogP contribution in [0.1, 0.15) is 19.3 Å². The number of rotatable bonds is 5. The molecule has 1 heterocycles. The number of nitrogens with zero attached hydrogens (tertiary/aromatic N) is 2. The number of piperidine rings is 1. The monoisotopic (exact) mass is 279 g/mol. The summed E-state index contributed by atoms with van der Waals surface area (Å²) in [5.41, 5.74) is 6.62. The first-order chi connectivity index (χ1) is 9.65. The average Bonchev–Trinajstić information content (AvgIpc) is 2.47. The lowest BCUT2D eigenvalue weighted by Crippen LogP contribution is -2.36. The summed E-state index contributed by atoms with van der Waals surface area (Å²) in [6, 6.07) is 5.06. The smallest absolute Gasteiger partial charge is 0.311 e. The van der Waals surface area contributed by atoms with Crippen molar-refractivity contribution < 1.29 is 9.66 Å². The van der Waals surface area contributed by atoms with Crippen molar-refractivity contribution in [3.8, 4) is 5.75 Å². The van der Waals surface area contributed by atoms with Crippen LogP contribution in [-0.2, 0) is 0 Å². The van der Waals surface area contributed by atoms with Crippen molar-refractivity contribution in [2.45, 2.75) is 19.3 Å². The second kappa shape index (κ2) is 6.56. The third-order valence-corrected chi connectivity index (χ3v) is 3.82. The van der Waals surface area contributed by atoms with Crippen molar-refractivity contribution in [2.75, 3.05) is 31.6 Å². The Bertz CT molecular complexity index is 477. The Balaban J connectivity index is 2.18. The molecule has 0 saturated carbocycles. The molecule has 6 heteroatoms. The van der Waals surface area contributed by atoms with Crippen LogP contribution in [0.15, 0.2) is 18.2 Å². The Morgan fingerprint density at radius 3 is 3.00 bits per heavy atom. The molecule has 0 bridgehead atoms. The van der Waals surface area contributed by atoms with E-state index in [2.05, 4.69) is 4.90 Å². The van der Waals surface area contributed by atoms with E-state index >= 15 is 0 Å². The number of nitro benzene ring substituents is 1. The number of nitrogens with two attached hydrogens (primary N) is 1. The fourth-order valence-electron chi connectivity index (χ4n) is 2.78. The molecule has 1 unspecified atom stereocenters. The van der Waals surface area contributed by atoms with E-state index in [9.17, 15) is 10.1 Å². The fourth-order valence-corrected chi connectivity index (χ4v) is 2.78. The molecule has 1 aromatic rings. The van der Waals surface area contributed by atoms with Gasteiger partial charge in [0.2, 0.25) is 0 Å². The van der Waals surface area contributed by atoms with Crippen LogP contribution < -0.4 is 15.4 Å². The second-order valence-electron chi connectivity index (χ2n) is 5.14. The molecular weight excluding hydrogens is 258 g/mol. The molecule has 0 radical (unpaired) electrons. The maximum absolute atomic E-state index is 10.9. The number of nitro groups is 1. The zero-order valence-corrected chi connectivity index (χ0v) is 11.7. The number of ether oxygens (including phenoxy) is 1. The molecule has 6 nitrogen and oxygen atoms in total. The summed E-state index contributed by atoms with van der Waals surface area (Å²) in [5.74, 6) is 0.920. The maximum Gasteiger partial charge on any atom is 0.311 e. The SMILES string of the molecule is COc1cc(N2CCCC(CCN)C2)ccc1[N+](=O)[O-]. The molecule has 20 heavy (non-hydrogen) atoms. The van der Waals surface area contributed by atoms with E-state index in [-0.39, 0.29) is 5.69 Å². The predicted octanol–water partition coefficient (Wildman–Crippen LogP) is 2.17. The van der Waals surface area contributed by atoms with E-state index in [1.54, 1.807) is 12.1 Å². The summed E-state index contributed by atoms with van der Waals surface area (Å²) in [6.45, 7) is 2.64. The van der Waals surface area contributed by atoms with Gasteiger partial charge in [0.1, 0.15) is 0 Å². The van der Waals surface area contributed by atoms with Gasteiger partial charge in [0.25, 0.3) is 0 Å². The van der Waals surface area contributed by atoms with Crippen LogP contribution in [0.5, 0.6) is 5.75 Å². The zero-order valence-electron chi connectivity index (χ0n) is 11.7. The van der Waals surface area contributed by atoms with Gasteiger partial charge in [0.15, 0.2) is 5.75 Å². The van der Waals surface area contributed by atoms with Gasteiger partial charge in [-0.15, -0.1) is 0 Å². The van der Waals surface area contributed by atoms with Crippen LogP contribution in [0.3, 0.4) is 0 Å². The lowest BCUT2D eigenvalue weighted by molar-refractivity contribution is -0.385. The molecular formula is C14H21N3O3. The van der Waals surface area contributed by atoms with E-state index in [4.69, 9.17) is 10.5 Å². The molecule has 1 saturated heterocycles. The van der Waals surface area contributed by atoms with Gasteiger partial charge >= 0.3 is 5.69 Å². The minimum atomic E-state index is -0.421. The van der Waals surface area contributed by atoms with E-state index in [1.807, 2.05) is 0 Å². The standard InChI is InChI=1S/C14H21N3O3/c1-20-14-9-12(4-5-13(14)17(18)19)16-8-2-3-11(10-16)6-7-15/h4-5,9,11H,2-3,6-8,10,15H2,1H3. The van der Waals surface area contributed by atoms with Crippen molar-refractivity contribution in [3.63, 3.8) is 0 Å². The lowest BCUT2D eigenvalue weighted by Gasteiger charge is -2.34. The number of methoxy groups -OCH3 is 1. The van der Waals surface area contributed by atoms with Gasteiger partial charge in [-0.3, -0.25) is 10.1 Å². The molecule has 1 aliphatic heterocycles. The molecule has 1 atom stereocenters. The van der Waals surface area contributed by atoms with Gasteiger partial charge < -0.3 is 15.4 Å². The molecule has 1 aliphatic rings. The van der Waals surface area contributed by atoms with E-state index in [1.165, 1.54) is 19.6 Å². The quantitative estimate of drug-likeness (QED) is 0.660. The first-order valence-corrected chi connectivity index (χ1v) is 6.93. The molecule has 1 fully saturated rings. The third kappa shape index (κ3) is 3.19. The highest BCUT2D eigenvalue weighted by Gasteiger charge is 2.22. The molecule has 110 valence electrons. The Labute approximate surface area is 118 Å². The number of hydrogen-bond donors (Lipinski definition) is 1. The van der Waals surface area contributed by atoms with Crippen molar-refractivity contribution in [1.29, 1.82) is 0 Å². The Morgan fingerprint density at radius 1 is 1.55 bits per heavy atom. The summed E-state index contributed by atoms with van der Waals surface area (Å²) >= 11 is 0. The summed E-state index contributed by atoms with van der Waals surface area (Å²) < 4.78 is 5.12. The molecule has 1 aromatic carbocycles. The molecule has 0 aromatic heterocycles. The summed E-state index contributed by atoms with van der Waals surface area (Å²) in [5, 5.41) is 10.9. The minimum Gasteiger partial charge on any atom is -0.490 e. The molecule has 0 aliphatic carbocycles. The van der Waals surface area contributed by atoms with Crippen LogP contribution >= 0.6 is 0 Å². The maximum atomic E-state index is 10.9. The number of benzene rings is 1. The Kier molecular flexibility index (Phi) is 4.79. The first-order valence-electron chi connectivity index (χ1n) is 6.93. The zero-order chi connectivity index (χ0) is 14.5. The van der Waals surface area contributed by atoms with Crippen LogP contribution in [0.2, 0.25) is 0 Å². The fraction of sp³-hybridized carbons (Fsp3) is 0.571. The van der Waals surface area contributed by atoms with Crippen LogP contribution in [0.25, 0.3) is 0 Å². The highest BCUT2D eigenvalue weighted by molar-refractivity contribution is 5.59. The molecule has 0 amide bonds. The van der Waals surface area contributed by atoms with Crippen molar-refractivity contribution in [2.24, 2.45) is 11.7 Å². The van der Waals surface area contributed by atoms with Crippen LogP contribution in [-0.4, -0.2) is 31.7 Å². The normalized spacial score (nSPS) is 18.9. The van der Waals surface area contributed by atoms with Crippen LogP contribution in [0.4, 0.5) is 11.4 Å². The number of anilines is 1. The summed E-state index contributed by atoms with van der Waals surface area (Å²) in [6.07, 6.45) is 3.36. The van der Waals surface area contributed by atoms with Gasteiger partial charge in [-0.1, -0.05) is 0 Å². The average molecular weight is 279 g/mol. The second-order valence-corrected chi connectivity index (χ2v) is 5.14. The van der Waals surface area contributed by atoms with E-state index in [0.29, 0.717) is 18.2 Å². The van der Waals surface area contributed by atoms with Gasteiger partial charge in [-0.05, 0) is 37.8 Å². The molecule has 0 spiro atoms. The molecule has 2 N–H and O–H groups in total.